The normalized spacial score (nSPS) is 11.5. The summed E-state index contributed by atoms with van der Waals surface area (Å²) in [5.74, 6) is 1.35. The van der Waals surface area contributed by atoms with E-state index in [-0.39, 0.29) is 0 Å². The Balaban J connectivity index is 2.50. The highest BCUT2D eigenvalue weighted by Crippen LogP contribution is 2.28. The molecule has 0 aliphatic carbocycles. The minimum absolute atomic E-state index is 0.661. The van der Waals surface area contributed by atoms with Crippen LogP contribution in [0.15, 0.2) is 36.5 Å². The van der Waals surface area contributed by atoms with Crippen LogP contribution < -0.4 is 4.57 Å². The molecule has 23 heavy (non-hydrogen) atoms. The Morgan fingerprint density at radius 1 is 1.00 bits per heavy atom. The molecule has 0 bridgehead atoms. The van der Waals surface area contributed by atoms with Gasteiger partial charge in [-0.05, 0) is 60.8 Å². The van der Waals surface area contributed by atoms with E-state index in [1.165, 1.54) is 40.8 Å². The summed E-state index contributed by atoms with van der Waals surface area (Å²) in [7, 11) is 2.15. The van der Waals surface area contributed by atoms with Crippen LogP contribution >= 0.6 is 0 Å². The van der Waals surface area contributed by atoms with Crippen LogP contribution in [0.3, 0.4) is 0 Å². The summed E-state index contributed by atoms with van der Waals surface area (Å²) >= 11 is 0. The first kappa shape index (κ1) is 17.7. The van der Waals surface area contributed by atoms with Crippen molar-refractivity contribution in [3.8, 4) is 11.3 Å². The van der Waals surface area contributed by atoms with Crippen molar-refractivity contribution in [1.82, 2.24) is 0 Å². The van der Waals surface area contributed by atoms with E-state index in [4.69, 9.17) is 0 Å². The van der Waals surface area contributed by atoms with Gasteiger partial charge < -0.3 is 0 Å². The summed E-state index contributed by atoms with van der Waals surface area (Å²) in [6.45, 7) is 11.4. The number of pyridine rings is 1. The van der Waals surface area contributed by atoms with Crippen molar-refractivity contribution in [3.05, 3.63) is 53.2 Å². The van der Waals surface area contributed by atoms with E-state index in [2.05, 4.69) is 82.8 Å². The van der Waals surface area contributed by atoms with Gasteiger partial charge in [-0.1, -0.05) is 39.8 Å². The molecule has 0 saturated heterocycles. The van der Waals surface area contributed by atoms with Crippen LogP contribution in [0.25, 0.3) is 11.3 Å². The number of rotatable bonds is 6. The van der Waals surface area contributed by atoms with Crippen molar-refractivity contribution in [2.75, 3.05) is 0 Å². The Kier molecular flexibility index (Phi) is 5.98. The molecule has 1 aromatic carbocycles. The van der Waals surface area contributed by atoms with Gasteiger partial charge in [0.05, 0.1) is 0 Å². The van der Waals surface area contributed by atoms with Gasteiger partial charge in [0.1, 0.15) is 7.05 Å². The first-order chi connectivity index (χ1) is 11.0. The summed E-state index contributed by atoms with van der Waals surface area (Å²) < 4.78 is 2.26. The summed E-state index contributed by atoms with van der Waals surface area (Å²) in [6, 6.07) is 11.6. The highest BCUT2D eigenvalue weighted by atomic mass is 14.9. The smallest absolute Gasteiger partial charge is 0.201 e. The molecule has 0 aliphatic heterocycles. The molecule has 1 aromatic heterocycles. The lowest BCUT2D eigenvalue weighted by molar-refractivity contribution is -0.660. The fraction of sp³-hybridized carbons (Fsp3) is 0.500. The van der Waals surface area contributed by atoms with Gasteiger partial charge >= 0.3 is 0 Å². The molecule has 0 fully saturated rings. The molecular formula is C22H32N+. The molecule has 124 valence electrons. The van der Waals surface area contributed by atoms with Crippen LogP contribution in [0, 0.1) is 12.8 Å². The van der Waals surface area contributed by atoms with Gasteiger partial charge in [0.2, 0.25) is 5.69 Å². The monoisotopic (exact) mass is 310 g/mol. The van der Waals surface area contributed by atoms with Gasteiger partial charge in [0.25, 0.3) is 0 Å². The number of hydrogen-bond acceptors (Lipinski definition) is 0. The lowest BCUT2D eigenvalue weighted by Gasteiger charge is -2.14. The quantitative estimate of drug-likeness (QED) is 0.612. The Morgan fingerprint density at radius 2 is 1.70 bits per heavy atom. The fourth-order valence-corrected chi connectivity index (χ4v) is 3.41. The first-order valence-electron chi connectivity index (χ1n) is 9.05. The van der Waals surface area contributed by atoms with Crippen LogP contribution in [-0.2, 0) is 13.5 Å². The van der Waals surface area contributed by atoms with Crippen molar-refractivity contribution in [3.63, 3.8) is 0 Å². The molecule has 1 heterocycles. The predicted octanol–water partition coefficient (Wildman–Crippen LogP) is 5.59. The second kappa shape index (κ2) is 7.77. The molecule has 0 atom stereocenters. The largest absolute Gasteiger partial charge is 0.212 e. The molecule has 0 unspecified atom stereocenters. The van der Waals surface area contributed by atoms with Crippen LogP contribution in [-0.4, -0.2) is 0 Å². The van der Waals surface area contributed by atoms with E-state index in [1.54, 1.807) is 0 Å². The summed E-state index contributed by atoms with van der Waals surface area (Å²) in [4.78, 5) is 0. The van der Waals surface area contributed by atoms with Gasteiger partial charge in [-0.15, -0.1) is 0 Å². The maximum Gasteiger partial charge on any atom is 0.212 e. The van der Waals surface area contributed by atoms with Gasteiger partial charge in [-0.2, -0.15) is 0 Å². The highest BCUT2D eigenvalue weighted by Gasteiger charge is 2.17. The second-order valence-electron chi connectivity index (χ2n) is 7.22. The fourth-order valence-electron chi connectivity index (χ4n) is 3.41. The Morgan fingerprint density at radius 3 is 2.30 bits per heavy atom. The molecule has 2 aromatic rings. The molecule has 0 N–H and O–H groups in total. The summed E-state index contributed by atoms with van der Waals surface area (Å²) in [5, 5.41) is 0. The van der Waals surface area contributed by atoms with Crippen molar-refractivity contribution >= 4 is 0 Å². The molecule has 1 nitrogen and oxygen atoms in total. The SMILES string of the molecule is CCC(CC)c1cc[n+](C)c(-c2cc(CC(C)C)ccc2C)c1. The predicted molar refractivity (Wildman–Crippen MR) is 99.7 cm³/mol. The zero-order chi connectivity index (χ0) is 17.0. The molecule has 0 radical (unpaired) electrons. The van der Waals surface area contributed by atoms with Gasteiger partial charge in [0, 0.05) is 17.7 Å². The molecular weight excluding hydrogens is 278 g/mol. The van der Waals surface area contributed by atoms with E-state index in [9.17, 15) is 0 Å². The zero-order valence-electron chi connectivity index (χ0n) is 15.7. The van der Waals surface area contributed by atoms with Gasteiger partial charge in [0.15, 0.2) is 6.20 Å². The number of aryl methyl sites for hydroxylation is 2. The number of aromatic nitrogens is 1. The number of hydrogen-bond donors (Lipinski definition) is 0. The summed E-state index contributed by atoms with van der Waals surface area (Å²) in [6.07, 6.45) is 5.77. The Labute approximate surface area is 142 Å². The molecule has 0 spiro atoms. The van der Waals surface area contributed by atoms with Gasteiger partial charge in [-0.3, -0.25) is 0 Å². The van der Waals surface area contributed by atoms with E-state index >= 15 is 0 Å². The van der Waals surface area contributed by atoms with Gasteiger partial charge in [-0.25, -0.2) is 4.57 Å². The van der Waals surface area contributed by atoms with E-state index < -0.39 is 0 Å². The number of benzene rings is 1. The molecule has 0 aliphatic rings. The third-order valence-electron chi connectivity index (χ3n) is 4.85. The Bertz CT molecular complexity index is 651. The van der Waals surface area contributed by atoms with E-state index in [0.717, 1.165) is 6.42 Å². The van der Waals surface area contributed by atoms with E-state index in [0.29, 0.717) is 11.8 Å². The molecule has 0 saturated carbocycles. The van der Waals surface area contributed by atoms with Crippen LogP contribution in [0.4, 0.5) is 0 Å². The summed E-state index contributed by atoms with van der Waals surface area (Å²) in [5.41, 5.74) is 6.97. The van der Waals surface area contributed by atoms with Crippen molar-refractivity contribution < 1.29 is 4.57 Å². The maximum atomic E-state index is 2.40. The molecule has 2 rings (SSSR count). The van der Waals surface area contributed by atoms with Crippen LogP contribution in [0.5, 0.6) is 0 Å². The highest BCUT2D eigenvalue weighted by molar-refractivity contribution is 5.62. The first-order valence-corrected chi connectivity index (χ1v) is 9.05. The third kappa shape index (κ3) is 4.22. The second-order valence-corrected chi connectivity index (χ2v) is 7.22. The van der Waals surface area contributed by atoms with Crippen LogP contribution in [0.2, 0.25) is 0 Å². The zero-order valence-corrected chi connectivity index (χ0v) is 15.7. The topological polar surface area (TPSA) is 3.88 Å². The molecule has 1 heteroatoms. The average Bonchev–Trinajstić information content (AvgIpc) is 2.51. The molecule has 0 amide bonds. The minimum atomic E-state index is 0.661. The third-order valence-corrected chi connectivity index (χ3v) is 4.85. The Hall–Kier alpha value is -1.63. The van der Waals surface area contributed by atoms with Crippen molar-refractivity contribution in [2.45, 2.75) is 59.8 Å². The maximum absolute atomic E-state index is 2.40. The van der Waals surface area contributed by atoms with Crippen LogP contribution in [0.1, 0.15) is 63.1 Å². The minimum Gasteiger partial charge on any atom is -0.201 e. The van der Waals surface area contributed by atoms with Crippen molar-refractivity contribution in [1.29, 1.82) is 0 Å². The number of nitrogens with zero attached hydrogens (tertiary/aromatic N) is 1. The lowest BCUT2D eigenvalue weighted by atomic mass is 9.91. The standard InChI is InChI=1S/C22H32N/c1-7-19(8-2)20-11-12-23(6)22(15-20)21-14-18(13-16(3)4)10-9-17(21)5/h9-12,14-16,19H,7-8,13H2,1-6H3/q+1. The lowest BCUT2D eigenvalue weighted by Crippen LogP contribution is -2.31. The average molecular weight is 311 g/mol. The van der Waals surface area contributed by atoms with Crippen molar-refractivity contribution in [2.24, 2.45) is 13.0 Å². The van der Waals surface area contributed by atoms with E-state index in [1.807, 2.05) is 0 Å².